The number of benzene rings is 1. The second-order valence-electron chi connectivity index (χ2n) is 3.36. The molecule has 1 aromatic rings. The molecule has 1 atom stereocenters. The van der Waals surface area contributed by atoms with Crippen LogP contribution in [0.1, 0.15) is 6.92 Å². The second kappa shape index (κ2) is 7.30. The van der Waals surface area contributed by atoms with E-state index in [0.717, 1.165) is 12.3 Å². The molecule has 3 nitrogen and oxygen atoms in total. The first-order chi connectivity index (χ1) is 7.74. The summed E-state index contributed by atoms with van der Waals surface area (Å²) in [5.74, 6) is 0.718. The molecule has 1 aromatic carbocycles. The van der Waals surface area contributed by atoms with E-state index >= 15 is 0 Å². The predicted octanol–water partition coefficient (Wildman–Crippen LogP) is 1.93. The minimum atomic E-state index is -0.235. The van der Waals surface area contributed by atoms with Gasteiger partial charge in [-0.2, -0.15) is 0 Å². The van der Waals surface area contributed by atoms with Crippen LogP contribution in [0.3, 0.4) is 0 Å². The molecular formula is C12H17NO2S. The number of ether oxygens (including phenoxy) is 1. The van der Waals surface area contributed by atoms with Gasteiger partial charge < -0.3 is 10.1 Å². The van der Waals surface area contributed by atoms with Crippen molar-refractivity contribution in [1.29, 1.82) is 0 Å². The summed E-state index contributed by atoms with van der Waals surface area (Å²) in [5, 5.41) is 3.11. The van der Waals surface area contributed by atoms with E-state index in [9.17, 15) is 4.79 Å². The van der Waals surface area contributed by atoms with Crippen LogP contribution in [0.5, 0.6) is 0 Å². The fourth-order valence-corrected chi connectivity index (χ4v) is 2.03. The highest BCUT2D eigenvalue weighted by Crippen LogP contribution is 2.15. The van der Waals surface area contributed by atoms with Gasteiger partial charge in [-0.3, -0.25) is 4.79 Å². The Kier molecular flexibility index (Phi) is 5.96. The second-order valence-corrected chi connectivity index (χ2v) is 4.53. The molecule has 0 spiro atoms. The van der Waals surface area contributed by atoms with Crippen LogP contribution >= 0.6 is 11.8 Å². The van der Waals surface area contributed by atoms with Gasteiger partial charge in [0.2, 0.25) is 0 Å². The lowest BCUT2D eigenvalue weighted by atomic mass is 10.3. The lowest BCUT2D eigenvalue weighted by molar-refractivity contribution is -0.142. The van der Waals surface area contributed by atoms with Gasteiger partial charge in [0.05, 0.1) is 7.11 Å². The molecule has 0 saturated heterocycles. The number of rotatable bonds is 6. The number of nitrogens with one attached hydrogen (secondary N) is 1. The van der Waals surface area contributed by atoms with Gasteiger partial charge in [-0.05, 0) is 19.1 Å². The van der Waals surface area contributed by atoms with Gasteiger partial charge >= 0.3 is 5.97 Å². The first-order valence-electron chi connectivity index (χ1n) is 5.23. The van der Waals surface area contributed by atoms with Crippen LogP contribution in [0.25, 0.3) is 0 Å². The van der Waals surface area contributed by atoms with Crippen LogP contribution in [0, 0.1) is 0 Å². The molecule has 4 heteroatoms. The molecular weight excluding hydrogens is 222 g/mol. The minimum absolute atomic E-state index is 0.218. The normalized spacial score (nSPS) is 12.1. The zero-order valence-corrected chi connectivity index (χ0v) is 10.4. The summed E-state index contributed by atoms with van der Waals surface area (Å²) in [6, 6.07) is 9.96. The maximum atomic E-state index is 11.1. The molecule has 0 bridgehead atoms. The molecule has 1 N–H and O–H groups in total. The molecule has 0 aliphatic carbocycles. The van der Waals surface area contributed by atoms with Crippen molar-refractivity contribution in [2.45, 2.75) is 17.9 Å². The molecule has 16 heavy (non-hydrogen) atoms. The number of hydrogen-bond acceptors (Lipinski definition) is 4. The maximum absolute atomic E-state index is 11.1. The third-order valence-corrected chi connectivity index (χ3v) is 3.13. The molecule has 1 rings (SSSR count). The summed E-state index contributed by atoms with van der Waals surface area (Å²) in [4.78, 5) is 12.3. The third kappa shape index (κ3) is 4.68. The Balaban J connectivity index is 2.15. The van der Waals surface area contributed by atoms with E-state index < -0.39 is 0 Å². The molecule has 0 amide bonds. The zero-order chi connectivity index (χ0) is 11.8. The predicted molar refractivity (Wildman–Crippen MR) is 66.6 cm³/mol. The Bertz CT molecular complexity index is 316. The Morgan fingerprint density at radius 3 is 2.75 bits per heavy atom. The average molecular weight is 239 g/mol. The Labute approximate surface area is 101 Å². The number of carbonyl (C=O) groups is 1. The van der Waals surface area contributed by atoms with Crippen molar-refractivity contribution < 1.29 is 9.53 Å². The van der Waals surface area contributed by atoms with Crippen LogP contribution < -0.4 is 5.32 Å². The fraction of sp³-hybridized carbons (Fsp3) is 0.417. The molecule has 0 aliphatic rings. The summed E-state index contributed by atoms with van der Waals surface area (Å²) in [5.41, 5.74) is 0. The standard InChI is InChI=1S/C12H17NO2S/c1-10(12(14)15-2)13-8-9-16-11-6-4-3-5-7-11/h3-7,10,13H,8-9H2,1-2H3/t10-/m0/s1. The number of carbonyl (C=O) groups excluding carboxylic acids is 1. The van der Waals surface area contributed by atoms with Crippen molar-refractivity contribution in [2.75, 3.05) is 19.4 Å². The fourth-order valence-electron chi connectivity index (χ4n) is 1.22. The molecule has 0 fully saturated rings. The van der Waals surface area contributed by atoms with Gasteiger partial charge in [0.15, 0.2) is 0 Å². The van der Waals surface area contributed by atoms with E-state index in [1.165, 1.54) is 12.0 Å². The van der Waals surface area contributed by atoms with Crippen LogP contribution in [0.4, 0.5) is 0 Å². The number of thioether (sulfide) groups is 1. The van der Waals surface area contributed by atoms with Gasteiger partial charge in [-0.1, -0.05) is 18.2 Å². The SMILES string of the molecule is COC(=O)[C@H](C)NCCSc1ccccc1. The van der Waals surface area contributed by atoms with Crippen LogP contribution in [0.2, 0.25) is 0 Å². The van der Waals surface area contributed by atoms with E-state index in [4.69, 9.17) is 0 Å². The van der Waals surface area contributed by atoms with Gasteiger partial charge in [0, 0.05) is 17.2 Å². The molecule has 0 saturated carbocycles. The molecule has 0 aromatic heterocycles. The lowest BCUT2D eigenvalue weighted by Gasteiger charge is -2.10. The summed E-state index contributed by atoms with van der Waals surface area (Å²) in [7, 11) is 1.40. The highest BCUT2D eigenvalue weighted by Gasteiger charge is 2.10. The zero-order valence-electron chi connectivity index (χ0n) is 9.60. The average Bonchev–Trinajstić information content (AvgIpc) is 2.34. The number of hydrogen-bond donors (Lipinski definition) is 1. The highest BCUT2D eigenvalue weighted by molar-refractivity contribution is 7.99. The summed E-state index contributed by atoms with van der Waals surface area (Å²) >= 11 is 1.77. The van der Waals surface area contributed by atoms with Crippen molar-refractivity contribution in [2.24, 2.45) is 0 Å². The first-order valence-corrected chi connectivity index (χ1v) is 6.21. The first kappa shape index (κ1) is 13.1. The smallest absolute Gasteiger partial charge is 0.322 e. The van der Waals surface area contributed by atoms with Gasteiger partial charge in [-0.15, -0.1) is 11.8 Å². The minimum Gasteiger partial charge on any atom is -0.468 e. The van der Waals surface area contributed by atoms with Crippen molar-refractivity contribution in [3.05, 3.63) is 30.3 Å². The van der Waals surface area contributed by atoms with E-state index in [2.05, 4.69) is 22.2 Å². The van der Waals surface area contributed by atoms with Crippen molar-refractivity contribution in [3.8, 4) is 0 Å². The monoisotopic (exact) mass is 239 g/mol. The van der Waals surface area contributed by atoms with Crippen molar-refractivity contribution in [3.63, 3.8) is 0 Å². The molecule has 0 radical (unpaired) electrons. The highest BCUT2D eigenvalue weighted by atomic mass is 32.2. The largest absolute Gasteiger partial charge is 0.468 e. The van der Waals surface area contributed by atoms with Crippen molar-refractivity contribution >= 4 is 17.7 Å². The van der Waals surface area contributed by atoms with Crippen molar-refractivity contribution in [1.82, 2.24) is 5.32 Å². The van der Waals surface area contributed by atoms with Crippen LogP contribution in [-0.2, 0) is 9.53 Å². The Morgan fingerprint density at radius 1 is 1.44 bits per heavy atom. The topological polar surface area (TPSA) is 38.3 Å². The molecule has 0 unspecified atom stereocenters. The van der Waals surface area contributed by atoms with E-state index in [1.54, 1.807) is 18.7 Å². The maximum Gasteiger partial charge on any atom is 0.322 e. The summed E-state index contributed by atoms with van der Waals surface area (Å²) < 4.78 is 4.62. The van der Waals surface area contributed by atoms with Gasteiger partial charge in [-0.25, -0.2) is 0 Å². The quantitative estimate of drug-likeness (QED) is 0.468. The molecule has 88 valence electrons. The number of methoxy groups -OCH3 is 1. The lowest BCUT2D eigenvalue weighted by Crippen LogP contribution is -2.36. The van der Waals surface area contributed by atoms with Crippen LogP contribution in [0.15, 0.2) is 35.2 Å². The summed E-state index contributed by atoms with van der Waals surface area (Å²) in [6.45, 7) is 2.59. The Morgan fingerprint density at radius 2 is 2.12 bits per heavy atom. The van der Waals surface area contributed by atoms with E-state index in [0.29, 0.717) is 0 Å². The Hall–Kier alpha value is -1.00. The summed E-state index contributed by atoms with van der Waals surface area (Å²) in [6.07, 6.45) is 0. The van der Waals surface area contributed by atoms with E-state index in [1.807, 2.05) is 18.2 Å². The van der Waals surface area contributed by atoms with Gasteiger partial charge in [0.25, 0.3) is 0 Å². The van der Waals surface area contributed by atoms with Gasteiger partial charge in [0.1, 0.15) is 6.04 Å². The molecule has 0 aliphatic heterocycles. The van der Waals surface area contributed by atoms with E-state index in [-0.39, 0.29) is 12.0 Å². The third-order valence-electron chi connectivity index (χ3n) is 2.12. The van der Waals surface area contributed by atoms with Crippen LogP contribution in [-0.4, -0.2) is 31.4 Å². The number of esters is 1. The molecule has 0 heterocycles.